The van der Waals surface area contributed by atoms with Crippen LogP contribution in [0.15, 0.2) is 66.0 Å². The lowest BCUT2D eigenvalue weighted by Crippen LogP contribution is -2.33. The molecule has 0 radical (unpaired) electrons. The summed E-state index contributed by atoms with van der Waals surface area (Å²) in [5, 5.41) is 14.0. The van der Waals surface area contributed by atoms with E-state index in [0.717, 1.165) is 45.7 Å². The molecule has 4 aromatic rings. The minimum Gasteiger partial charge on any atom is -0.508 e. The number of phenols is 1. The molecule has 34 heavy (non-hydrogen) atoms. The molecule has 4 nitrogen and oxygen atoms in total. The Labute approximate surface area is 211 Å². The third-order valence-corrected chi connectivity index (χ3v) is 7.03. The molecule has 0 spiro atoms. The van der Waals surface area contributed by atoms with Crippen LogP contribution in [0.2, 0.25) is 0 Å². The van der Waals surface area contributed by atoms with Crippen molar-refractivity contribution in [1.82, 2.24) is 4.90 Å². The van der Waals surface area contributed by atoms with Gasteiger partial charge in [-0.2, -0.15) is 0 Å². The van der Waals surface area contributed by atoms with Crippen LogP contribution in [0.3, 0.4) is 0 Å². The standard InChI is InChI=1S/C28H29NO3S.ClH/c1-20-17-22(19-33-20)27-11-5-21-18-23(30)6-12-26(21)28(27)32-25-9-7-24(8-10-25)31-16-15-29-13-3-2-4-14-29;/h5-12,17-19,30H,2-4,13-16H2,1H3;1H. The number of phenolic OH excluding ortho intramolecular Hbond substituents is 1. The molecular weight excluding hydrogens is 466 g/mol. The average Bonchev–Trinajstić information content (AvgIpc) is 3.27. The number of thiophene rings is 1. The zero-order chi connectivity index (χ0) is 22.6. The van der Waals surface area contributed by atoms with Crippen molar-refractivity contribution >= 4 is 34.5 Å². The largest absolute Gasteiger partial charge is 0.508 e. The lowest BCUT2D eigenvalue weighted by atomic mass is 10.0. The first-order valence-corrected chi connectivity index (χ1v) is 12.5. The molecule has 0 atom stereocenters. The molecule has 0 unspecified atom stereocenters. The molecule has 1 fully saturated rings. The van der Waals surface area contributed by atoms with Gasteiger partial charge in [-0.15, -0.1) is 23.7 Å². The summed E-state index contributed by atoms with van der Waals surface area (Å²) in [5.41, 5.74) is 2.18. The zero-order valence-corrected chi connectivity index (χ0v) is 21.0. The summed E-state index contributed by atoms with van der Waals surface area (Å²) < 4.78 is 12.4. The van der Waals surface area contributed by atoms with Gasteiger partial charge >= 0.3 is 0 Å². The lowest BCUT2D eigenvalue weighted by molar-refractivity contribution is 0.183. The van der Waals surface area contributed by atoms with Gasteiger partial charge in [-0.25, -0.2) is 0 Å². The number of aromatic hydroxyl groups is 1. The lowest BCUT2D eigenvalue weighted by Gasteiger charge is -2.26. The van der Waals surface area contributed by atoms with E-state index in [-0.39, 0.29) is 18.2 Å². The second-order valence-corrected chi connectivity index (χ2v) is 9.73. The van der Waals surface area contributed by atoms with Gasteiger partial charge in [0.1, 0.15) is 29.6 Å². The summed E-state index contributed by atoms with van der Waals surface area (Å²) in [6.45, 7) is 6.16. The predicted octanol–water partition coefficient (Wildman–Crippen LogP) is 7.66. The monoisotopic (exact) mass is 495 g/mol. The number of piperidine rings is 1. The number of nitrogens with zero attached hydrogens (tertiary/aromatic N) is 1. The van der Waals surface area contributed by atoms with Gasteiger partial charge < -0.3 is 14.6 Å². The van der Waals surface area contributed by atoms with Crippen molar-refractivity contribution in [1.29, 1.82) is 0 Å². The molecule has 6 heteroatoms. The molecule has 0 amide bonds. The molecule has 1 aliphatic heterocycles. The third-order valence-electron chi connectivity index (χ3n) is 6.16. The van der Waals surface area contributed by atoms with E-state index in [1.54, 1.807) is 23.5 Å². The van der Waals surface area contributed by atoms with Gasteiger partial charge in [-0.1, -0.05) is 12.5 Å². The molecule has 0 bridgehead atoms. The van der Waals surface area contributed by atoms with Crippen LogP contribution in [-0.2, 0) is 0 Å². The molecule has 1 aromatic heterocycles. The number of fused-ring (bicyclic) bond motifs is 1. The Bertz CT molecular complexity index is 1230. The molecule has 1 aliphatic rings. The highest BCUT2D eigenvalue weighted by atomic mass is 35.5. The van der Waals surface area contributed by atoms with E-state index in [9.17, 15) is 5.11 Å². The Morgan fingerprint density at radius 2 is 1.68 bits per heavy atom. The Morgan fingerprint density at radius 3 is 2.41 bits per heavy atom. The number of ether oxygens (including phenoxy) is 2. The maximum absolute atomic E-state index is 9.93. The second kappa shape index (κ2) is 11.1. The second-order valence-electron chi connectivity index (χ2n) is 8.62. The van der Waals surface area contributed by atoms with Crippen molar-refractivity contribution in [3.63, 3.8) is 0 Å². The van der Waals surface area contributed by atoms with Crippen LogP contribution >= 0.6 is 23.7 Å². The van der Waals surface area contributed by atoms with Crippen molar-refractivity contribution in [2.75, 3.05) is 26.2 Å². The van der Waals surface area contributed by atoms with Gasteiger partial charge in [0.25, 0.3) is 0 Å². The van der Waals surface area contributed by atoms with Gasteiger partial charge in [0.2, 0.25) is 0 Å². The quantitative estimate of drug-likeness (QED) is 0.285. The Kier molecular flexibility index (Phi) is 7.99. The molecule has 3 aromatic carbocycles. The summed E-state index contributed by atoms with van der Waals surface area (Å²) in [4.78, 5) is 3.74. The molecule has 1 saturated heterocycles. The van der Waals surface area contributed by atoms with E-state index in [4.69, 9.17) is 9.47 Å². The van der Waals surface area contributed by atoms with E-state index in [0.29, 0.717) is 6.61 Å². The summed E-state index contributed by atoms with van der Waals surface area (Å²) in [6.07, 6.45) is 3.95. The SMILES string of the molecule is Cc1cc(-c2ccc3cc(O)ccc3c2Oc2ccc(OCCN3CCCCC3)cc2)cs1.Cl. The number of likely N-dealkylation sites (tertiary alicyclic amines) is 1. The van der Waals surface area contributed by atoms with Crippen LogP contribution in [0.25, 0.3) is 21.9 Å². The van der Waals surface area contributed by atoms with Crippen molar-refractivity contribution in [3.8, 4) is 34.1 Å². The van der Waals surface area contributed by atoms with Crippen LogP contribution in [0.4, 0.5) is 0 Å². The van der Waals surface area contributed by atoms with E-state index in [1.807, 2.05) is 36.4 Å². The summed E-state index contributed by atoms with van der Waals surface area (Å²) in [5.74, 6) is 2.66. The van der Waals surface area contributed by atoms with E-state index >= 15 is 0 Å². The van der Waals surface area contributed by atoms with Crippen molar-refractivity contribution in [2.45, 2.75) is 26.2 Å². The zero-order valence-electron chi connectivity index (χ0n) is 19.3. The first-order chi connectivity index (χ1) is 16.2. The molecular formula is C28H30ClNO3S. The summed E-state index contributed by atoms with van der Waals surface area (Å²) in [6, 6.07) is 19.5. The highest BCUT2D eigenvalue weighted by Gasteiger charge is 2.14. The fourth-order valence-corrected chi connectivity index (χ4v) is 5.11. The van der Waals surface area contributed by atoms with Crippen LogP contribution < -0.4 is 9.47 Å². The number of halogens is 1. The Balaban J connectivity index is 0.00000274. The fraction of sp³-hybridized carbons (Fsp3) is 0.286. The Hall–Kier alpha value is -2.73. The van der Waals surface area contributed by atoms with Crippen LogP contribution in [-0.4, -0.2) is 36.2 Å². The van der Waals surface area contributed by atoms with Crippen LogP contribution in [0, 0.1) is 6.92 Å². The summed E-state index contributed by atoms with van der Waals surface area (Å²) >= 11 is 1.73. The van der Waals surface area contributed by atoms with Crippen molar-refractivity contribution in [3.05, 3.63) is 70.9 Å². The molecule has 2 heterocycles. The predicted molar refractivity (Wildman–Crippen MR) is 143 cm³/mol. The first-order valence-electron chi connectivity index (χ1n) is 11.6. The van der Waals surface area contributed by atoms with E-state index < -0.39 is 0 Å². The third kappa shape index (κ3) is 5.66. The molecule has 178 valence electrons. The van der Waals surface area contributed by atoms with Gasteiger partial charge in [0.05, 0.1) is 0 Å². The number of aryl methyl sites for hydroxylation is 1. The molecule has 1 N–H and O–H groups in total. The number of hydrogen-bond donors (Lipinski definition) is 1. The first kappa shape index (κ1) is 24.4. The van der Waals surface area contributed by atoms with Crippen LogP contribution in [0.1, 0.15) is 24.1 Å². The maximum atomic E-state index is 9.93. The van der Waals surface area contributed by atoms with Gasteiger partial charge in [-0.3, -0.25) is 4.90 Å². The minimum atomic E-state index is 0. The topological polar surface area (TPSA) is 41.9 Å². The molecule has 0 aliphatic carbocycles. The van der Waals surface area contributed by atoms with Gasteiger partial charge in [0, 0.05) is 22.4 Å². The fourth-order valence-electron chi connectivity index (χ4n) is 4.41. The van der Waals surface area contributed by atoms with Gasteiger partial charge in [-0.05, 0) is 104 Å². The highest BCUT2D eigenvalue weighted by molar-refractivity contribution is 7.10. The van der Waals surface area contributed by atoms with Gasteiger partial charge in [0.15, 0.2) is 0 Å². The highest BCUT2D eigenvalue weighted by Crippen LogP contribution is 2.41. The number of hydrogen-bond acceptors (Lipinski definition) is 5. The Morgan fingerprint density at radius 1 is 0.912 bits per heavy atom. The summed E-state index contributed by atoms with van der Waals surface area (Å²) in [7, 11) is 0. The number of benzene rings is 3. The normalized spacial score (nSPS) is 14.0. The average molecular weight is 496 g/mol. The molecule has 5 rings (SSSR count). The number of rotatable bonds is 7. The maximum Gasteiger partial charge on any atom is 0.143 e. The smallest absolute Gasteiger partial charge is 0.143 e. The minimum absolute atomic E-state index is 0. The van der Waals surface area contributed by atoms with Crippen molar-refractivity contribution < 1.29 is 14.6 Å². The van der Waals surface area contributed by atoms with E-state index in [1.165, 1.54) is 37.2 Å². The van der Waals surface area contributed by atoms with E-state index in [2.05, 4.69) is 29.3 Å². The van der Waals surface area contributed by atoms with Crippen LogP contribution in [0.5, 0.6) is 23.0 Å². The van der Waals surface area contributed by atoms with Crippen molar-refractivity contribution in [2.24, 2.45) is 0 Å². The molecule has 0 saturated carbocycles.